The van der Waals surface area contributed by atoms with Gasteiger partial charge >= 0.3 is 0 Å². The minimum atomic E-state index is -0.376. The number of amides is 3. The molecule has 3 amide bonds. The molecule has 31 heavy (non-hydrogen) atoms. The van der Waals surface area contributed by atoms with Crippen LogP contribution in [0.3, 0.4) is 0 Å². The molecule has 1 fully saturated rings. The Morgan fingerprint density at radius 1 is 1.10 bits per heavy atom. The van der Waals surface area contributed by atoms with E-state index in [1.807, 2.05) is 31.2 Å². The summed E-state index contributed by atoms with van der Waals surface area (Å²) in [6.07, 6.45) is 5.85. The van der Waals surface area contributed by atoms with Gasteiger partial charge in [0.15, 0.2) is 0 Å². The van der Waals surface area contributed by atoms with Crippen LogP contribution >= 0.6 is 0 Å². The number of carbonyl (C=O) groups is 3. The molecule has 2 aromatic rings. The van der Waals surface area contributed by atoms with Crippen LogP contribution in [-0.4, -0.2) is 24.3 Å². The van der Waals surface area contributed by atoms with Crippen molar-refractivity contribution >= 4 is 29.1 Å². The Hall–Kier alpha value is -3.61. The average Bonchev–Trinajstić information content (AvgIpc) is 2.81. The van der Waals surface area contributed by atoms with E-state index in [-0.39, 0.29) is 29.6 Å². The second-order valence-electron chi connectivity index (χ2n) is 7.65. The van der Waals surface area contributed by atoms with Gasteiger partial charge in [-0.1, -0.05) is 37.3 Å². The number of rotatable bonds is 6. The van der Waals surface area contributed by atoms with Gasteiger partial charge in [-0.05, 0) is 49.6 Å². The molecule has 0 bridgehead atoms. The van der Waals surface area contributed by atoms with Crippen molar-refractivity contribution in [3.05, 3.63) is 66.2 Å². The third-order valence-electron chi connectivity index (χ3n) is 5.49. The molecule has 2 aliphatic rings. The number of benzene rings is 2. The number of anilines is 2. The number of hydrazine groups is 1. The van der Waals surface area contributed by atoms with Crippen molar-refractivity contribution in [2.24, 2.45) is 11.8 Å². The lowest BCUT2D eigenvalue weighted by Gasteiger charge is -2.38. The van der Waals surface area contributed by atoms with E-state index in [0.29, 0.717) is 42.1 Å². The van der Waals surface area contributed by atoms with Crippen molar-refractivity contribution in [2.45, 2.75) is 26.2 Å². The molecule has 1 saturated heterocycles. The number of nitrogens with one attached hydrogen (secondary N) is 2. The second-order valence-corrected chi connectivity index (χ2v) is 7.65. The molecule has 2 aromatic carbocycles. The van der Waals surface area contributed by atoms with Crippen LogP contribution in [0.2, 0.25) is 0 Å². The normalized spacial score (nSPS) is 20.1. The standard InChI is InChI=1S/C24H25N3O4/c1-2-14-31-21-13-6-5-12-20(21)25-22(28)16-8-7-9-17(15-16)27-24(30)19-11-4-3-10-18(19)23(29)26-27/h3-9,12-13,15,18-19H,2,10-11,14H2,1H3,(H,25,28)(H,26,29)/t18-,19+/m0/s1. The molecule has 2 atom stereocenters. The zero-order valence-electron chi connectivity index (χ0n) is 17.3. The molecule has 0 unspecified atom stereocenters. The first-order valence-corrected chi connectivity index (χ1v) is 10.5. The molecule has 1 aliphatic heterocycles. The Kier molecular flexibility index (Phi) is 6.02. The number of para-hydroxylation sites is 2. The van der Waals surface area contributed by atoms with Crippen molar-refractivity contribution in [3.8, 4) is 5.75 Å². The Labute approximate surface area is 181 Å². The molecular weight excluding hydrogens is 394 g/mol. The Morgan fingerprint density at radius 3 is 2.68 bits per heavy atom. The minimum absolute atomic E-state index is 0.162. The Balaban J connectivity index is 1.54. The summed E-state index contributed by atoms with van der Waals surface area (Å²) in [5, 5.41) is 4.13. The van der Waals surface area contributed by atoms with E-state index in [0.717, 1.165) is 6.42 Å². The topological polar surface area (TPSA) is 87.7 Å². The summed E-state index contributed by atoms with van der Waals surface area (Å²) in [5.74, 6) is -0.776. The van der Waals surface area contributed by atoms with Crippen molar-refractivity contribution in [3.63, 3.8) is 0 Å². The Morgan fingerprint density at radius 2 is 1.87 bits per heavy atom. The van der Waals surface area contributed by atoms with Gasteiger partial charge in [-0.2, -0.15) is 0 Å². The van der Waals surface area contributed by atoms with E-state index in [1.165, 1.54) is 5.01 Å². The number of hydrogen-bond acceptors (Lipinski definition) is 4. The maximum absolute atomic E-state index is 13.0. The highest BCUT2D eigenvalue weighted by molar-refractivity contribution is 6.07. The molecule has 1 heterocycles. The summed E-state index contributed by atoms with van der Waals surface area (Å²) < 4.78 is 5.70. The highest BCUT2D eigenvalue weighted by Crippen LogP contribution is 2.32. The van der Waals surface area contributed by atoms with Gasteiger partial charge in [-0.15, -0.1) is 0 Å². The number of ether oxygens (including phenoxy) is 1. The first-order valence-electron chi connectivity index (χ1n) is 10.5. The van der Waals surface area contributed by atoms with Crippen LogP contribution < -0.4 is 20.5 Å². The quantitative estimate of drug-likeness (QED) is 0.699. The monoisotopic (exact) mass is 419 g/mol. The van der Waals surface area contributed by atoms with Crippen molar-refractivity contribution < 1.29 is 19.1 Å². The predicted molar refractivity (Wildman–Crippen MR) is 118 cm³/mol. The Bertz CT molecular complexity index is 1030. The molecular formula is C24H25N3O4. The summed E-state index contributed by atoms with van der Waals surface area (Å²) in [5.41, 5.74) is 4.09. The van der Waals surface area contributed by atoms with E-state index < -0.39 is 0 Å². The molecule has 4 rings (SSSR count). The van der Waals surface area contributed by atoms with Crippen molar-refractivity contribution in [2.75, 3.05) is 16.9 Å². The van der Waals surface area contributed by atoms with Crippen LogP contribution in [-0.2, 0) is 9.59 Å². The van der Waals surface area contributed by atoms with Gasteiger partial charge in [0.25, 0.3) is 5.91 Å². The van der Waals surface area contributed by atoms with Crippen LogP contribution in [0.15, 0.2) is 60.7 Å². The van der Waals surface area contributed by atoms with Gasteiger partial charge < -0.3 is 10.1 Å². The predicted octanol–water partition coefficient (Wildman–Crippen LogP) is 3.69. The number of nitrogens with zero attached hydrogens (tertiary/aromatic N) is 1. The molecule has 0 aromatic heterocycles. The average molecular weight is 419 g/mol. The van der Waals surface area contributed by atoms with E-state index in [2.05, 4.69) is 10.7 Å². The molecule has 1 aliphatic carbocycles. The third kappa shape index (κ3) is 4.30. The summed E-state index contributed by atoms with van der Waals surface area (Å²) in [4.78, 5) is 38.4. The van der Waals surface area contributed by atoms with Crippen LogP contribution in [0, 0.1) is 11.8 Å². The van der Waals surface area contributed by atoms with Gasteiger partial charge in [0, 0.05) is 5.56 Å². The molecule has 160 valence electrons. The lowest BCUT2D eigenvalue weighted by atomic mass is 9.80. The van der Waals surface area contributed by atoms with Crippen LogP contribution in [0.4, 0.5) is 11.4 Å². The zero-order chi connectivity index (χ0) is 21.8. The number of allylic oxidation sites excluding steroid dienone is 2. The summed E-state index contributed by atoms with van der Waals surface area (Å²) >= 11 is 0. The summed E-state index contributed by atoms with van der Waals surface area (Å²) in [7, 11) is 0. The maximum Gasteiger partial charge on any atom is 0.255 e. The molecule has 0 spiro atoms. The largest absolute Gasteiger partial charge is 0.491 e. The number of hydrogen-bond donors (Lipinski definition) is 2. The van der Waals surface area contributed by atoms with Gasteiger partial charge in [-0.25, -0.2) is 5.01 Å². The molecule has 2 N–H and O–H groups in total. The molecule has 0 saturated carbocycles. The molecule has 7 nitrogen and oxygen atoms in total. The highest BCUT2D eigenvalue weighted by atomic mass is 16.5. The third-order valence-corrected chi connectivity index (χ3v) is 5.49. The van der Waals surface area contributed by atoms with Gasteiger partial charge in [0.1, 0.15) is 5.75 Å². The van der Waals surface area contributed by atoms with Gasteiger partial charge in [-0.3, -0.25) is 19.8 Å². The fraction of sp³-hybridized carbons (Fsp3) is 0.292. The van der Waals surface area contributed by atoms with Crippen molar-refractivity contribution in [1.29, 1.82) is 0 Å². The van der Waals surface area contributed by atoms with E-state index in [9.17, 15) is 14.4 Å². The van der Waals surface area contributed by atoms with Crippen molar-refractivity contribution in [1.82, 2.24) is 5.43 Å². The molecule has 7 heteroatoms. The lowest BCUT2D eigenvalue weighted by molar-refractivity contribution is -0.139. The van der Waals surface area contributed by atoms with E-state index in [1.54, 1.807) is 36.4 Å². The minimum Gasteiger partial charge on any atom is -0.491 e. The first kappa shape index (κ1) is 20.7. The molecule has 0 radical (unpaired) electrons. The van der Waals surface area contributed by atoms with Gasteiger partial charge in [0.2, 0.25) is 11.8 Å². The fourth-order valence-corrected chi connectivity index (χ4v) is 3.87. The number of fused-ring (bicyclic) bond motifs is 1. The van der Waals surface area contributed by atoms with Gasteiger partial charge in [0.05, 0.1) is 29.8 Å². The second kappa shape index (κ2) is 9.04. The summed E-state index contributed by atoms with van der Waals surface area (Å²) in [6.45, 7) is 2.57. The fourth-order valence-electron chi connectivity index (χ4n) is 3.87. The first-order chi connectivity index (χ1) is 15.1. The van der Waals surface area contributed by atoms with E-state index in [4.69, 9.17) is 4.74 Å². The van der Waals surface area contributed by atoms with Crippen LogP contribution in [0.25, 0.3) is 0 Å². The summed E-state index contributed by atoms with van der Waals surface area (Å²) in [6, 6.07) is 13.9. The maximum atomic E-state index is 13.0. The SMILES string of the molecule is CCCOc1ccccc1NC(=O)c1cccc(N2NC(=O)[C@H]3CC=CC[C@H]3C2=O)c1. The zero-order valence-corrected chi connectivity index (χ0v) is 17.3. The number of carbonyl (C=O) groups excluding carboxylic acids is 3. The van der Waals surface area contributed by atoms with Crippen LogP contribution in [0.1, 0.15) is 36.5 Å². The lowest BCUT2D eigenvalue weighted by Crippen LogP contribution is -2.59. The van der Waals surface area contributed by atoms with E-state index >= 15 is 0 Å². The smallest absolute Gasteiger partial charge is 0.255 e. The van der Waals surface area contributed by atoms with Crippen LogP contribution in [0.5, 0.6) is 5.75 Å². The highest BCUT2D eigenvalue weighted by Gasteiger charge is 2.42.